The Morgan fingerprint density at radius 1 is 1.00 bits per heavy atom. The molecule has 0 aliphatic carbocycles. The smallest absolute Gasteiger partial charge is 0.175 e. The van der Waals surface area contributed by atoms with Crippen molar-refractivity contribution in [3.05, 3.63) is 86.8 Å². The van der Waals surface area contributed by atoms with Crippen LogP contribution in [0.2, 0.25) is 5.02 Å². The third kappa shape index (κ3) is 5.21. The average molecular weight is 461 g/mol. The molecule has 3 nitrogen and oxygen atoms in total. The zero-order valence-electron chi connectivity index (χ0n) is 16.0. The maximum Gasteiger partial charge on any atom is 0.175 e. The number of hydrogen-bond acceptors (Lipinski definition) is 3. The molecule has 3 rings (SSSR count). The number of methoxy groups -OCH3 is 1. The summed E-state index contributed by atoms with van der Waals surface area (Å²) in [6, 6.07) is 20.0. The molecule has 0 aliphatic heterocycles. The van der Waals surface area contributed by atoms with Gasteiger partial charge in [0.25, 0.3) is 0 Å². The average Bonchev–Trinajstić information content (AvgIpc) is 2.72. The minimum atomic E-state index is 0.438. The van der Waals surface area contributed by atoms with Crippen LogP contribution >= 0.6 is 27.5 Å². The molecule has 0 fully saturated rings. The highest BCUT2D eigenvalue weighted by molar-refractivity contribution is 9.10. The summed E-state index contributed by atoms with van der Waals surface area (Å²) in [5, 5.41) is 4.22. The summed E-state index contributed by atoms with van der Waals surface area (Å²) in [7, 11) is 1.65. The Bertz CT molecular complexity index is 928. The molecule has 0 spiro atoms. The molecular formula is C23H23BrClNO2. The van der Waals surface area contributed by atoms with Crippen molar-refractivity contribution in [1.82, 2.24) is 0 Å². The van der Waals surface area contributed by atoms with Gasteiger partial charge in [0.05, 0.1) is 11.6 Å². The molecule has 0 aromatic heterocycles. The quantitative estimate of drug-likeness (QED) is 0.398. The molecule has 1 N–H and O–H groups in total. The third-order valence-corrected chi connectivity index (χ3v) is 5.31. The summed E-state index contributed by atoms with van der Waals surface area (Å²) in [5.41, 5.74) is 4.60. The number of ether oxygens (including phenoxy) is 2. The lowest BCUT2D eigenvalue weighted by Gasteiger charge is -2.16. The highest BCUT2D eigenvalue weighted by atomic mass is 79.9. The zero-order chi connectivity index (χ0) is 19.9. The Labute approximate surface area is 179 Å². The van der Waals surface area contributed by atoms with Crippen molar-refractivity contribution in [2.24, 2.45) is 0 Å². The monoisotopic (exact) mass is 459 g/mol. The van der Waals surface area contributed by atoms with Gasteiger partial charge in [-0.25, -0.2) is 0 Å². The number of nitrogens with one attached hydrogen (secondary N) is 1. The van der Waals surface area contributed by atoms with Gasteiger partial charge in [0.1, 0.15) is 6.61 Å². The molecule has 146 valence electrons. The highest BCUT2D eigenvalue weighted by Gasteiger charge is 2.12. The molecule has 0 bridgehead atoms. The van der Waals surface area contributed by atoms with Crippen LogP contribution in [0.4, 0.5) is 5.69 Å². The lowest BCUT2D eigenvalue weighted by molar-refractivity contribution is 0.282. The lowest BCUT2D eigenvalue weighted by Crippen LogP contribution is -2.04. The Kier molecular flexibility index (Phi) is 7.24. The molecule has 0 aliphatic rings. The van der Waals surface area contributed by atoms with Crippen LogP contribution < -0.4 is 14.8 Å². The number of hydrogen-bond donors (Lipinski definition) is 1. The third-order valence-electron chi connectivity index (χ3n) is 4.47. The van der Waals surface area contributed by atoms with Crippen molar-refractivity contribution in [1.29, 1.82) is 0 Å². The van der Waals surface area contributed by atoms with E-state index in [0.29, 0.717) is 29.7 Å². The predicted octanol–water partition coefficient (Wildman–Crippen LogP) is 6.86. The molecule has 0 saturated heterocycles. The minimum Gasteiger partial charge on any atom is -0.493 e. The molecule has 0 radical (unpaired) electrons. The summed E-state index contributed by atoms with van der Waals surface area (Å²) in [5.74, 6) is 1.39. The fraction of sp³-hybridized carbons (Fsp3) is 0.217. The second kappa shape index (κ2) is 9.85. The van der Waals surface area contributed by atoms with Gasteiger partial charge in [-0.15, -0.1) is 0 Å². The molecule has 0 unspecified atom stereocenters. The number of rotatable bonds is 8. The standard InChI is InChI=1S/C23H23BrClNO2/c1-3-18-6-4-5-7-21(18)26-14-17-12-20(24)23(22(13-17)27-2)28-15-16-8-10-19(25)11-9-16/h4-13,26H,3,14-15H2,1-2H3. The van der Waals surface area contributed by atoms with Crippen LogP contribution in [0.5, 0.6) is 11.5 Å². The number of benzene rings is 3. The highest BCUT2D eigenvalue weighted by Crippen LogP contribution is 2.37. The topological polar surface area (TPSA) is 30.5 Å². The summed E-state index contributed by atoms with van der Waals surface area (Å²) >= 11 is 9.56. The molecule has 0 amide bonds. The van der Waals surface area contributed by atoms with Crippen molar-refractivity contribution in [2.45, 2.75) is 26.5 Å². The van der Waals surface area contributed by atoms with Gasteiger partial charge in [-0.3, -0.25) is 0 Å². The van der Waals surface area contributed by atoms with Crippen molar-refractivity contribution in [2.75, 3.05) is 12.4 Å². The number of halogens is 2. The first-order valence-electron chi connectivity index (χ1n) is 9.16. The van der Waals surface area contributed by atoms with E-state index in [2.05, 4.69) is 52.4 Å². The van der Waals surface area contributed by atoms with E-state index >= 15 is 0 Å². The van der Waals surface area contributed by atoms with Gasteiger partial charge < -0.3 is 14.8 Å². The van der Waals surface area contributed by atoms with Crippen LogP contribution in [0.15, 0.2) is 65.1 Å². The van der Waals surface area contributed by atoms with E-state index in [9.17, 15) is 0 Å². The van der Waals surface area contributed by atoms with Crippen LogP contribution in [0.25, 0.3) is 0 Å². The van der Waals surface area contributed by atoms with E-state index in [1.165, 1.54) is 5.56 Å². The maximum atomic E-state index is 6.00. The van der Waals surface area contributed by atoms with E-state index in [-0.39, 0.29) is 0 Å². The van der Waals surface area contributed by atoms with Crippen LogP contribution in [-0.2, 0) is 19.6 Å². The molecule has 3 aromatic carbocycles. The maximum absolute atomic E-state index is 6.00. The second-order valence-corrected chi connectivity index (χ2v) is 7.68. The fourth-order valence-electron chi connectivity index (χ4n) is 2.95. The number of aryl methyl sites for hydroxylation is 1. The molecular weight excluding hydrogens is 438 g/mol. The van der Waals surface area contributed by atoms with Gasteiger partial charge in [0, 0.05) is 17.3 Å². The molecule has 0 heterocycles. The minimum absolute atomic E-state index is 0.438. The Morgan fingerprint density at radius 2 is 1.75 bits per heavy atom. The summed E-state index contributed by atoms with van der Waals surface area (Å²) in [6.45, 7) is 3.30. The van der Waals surface area contributed by atoms with E-state index in [1.54, 1.807) is 7.11 Å². The van der Waals surface area contributed by atoms with Gasteiger partial charge in [-0.05, 0) is 69.4 Å². The van der Waals surface area contributed by atoms with Gasteiger partial charge >= 0.3 is 0 Å². The lowest BCUT2D eigenvalue weighted by atomic mass is 10.1. The van der Waals surface area contributed by atoms with Crippen LogP contribution in [-0.4, -0.2) is 7.11 Å². The molecule has 3 aromatic rings. The first-order chi connectivity index (χ1) is 13.6. The van der Waals surface area contributed by atoms with Crippen molar-refractivity contribution in [3.63, 3.8) is 0 Å². The molecule has 28 heavy (non-hydrogen) atoms. The molecule has 0 saturated carbocycles. The zero-order valence-corrected chi connectivity index (χ0v) is 18.3. The van der Waals surface area contributed by atoms with Gasteiger partial charge in [-0.1, -0.05) is 48.9 Å². The van der Waals surface area contributed by atoms with E-state index in [0.717, 1.165) is 27.7 Å². The molecule has 5 heteroatoms. The first kappa shape index (κ1) is 20.6. The summed E-state index contributed by atoms with van der Waals surface area (Å²) in [6.07, 6.45) is 0.994. The van der Waals surface area contributed by atoms with Gasteiger partial charge in [0.15, 0.2) is 11.5 Å². The SMILES string of the molecule is CCc1ccccc1NCc1cc(Br)c(OCc2ccc(Cl)cc2)c(OC)c1. The Hall–Kier alpha value is -2.17. The largest absolute Gasteiger partial charge is 0.493 e. The Balaban J connectivity index is 1.72. The second-order valence-electron chi connectivity index (χ2n) is 6.39. The fourth-order valence-corrected chi connectivity index (χ4v) is 3.68. The van der Waals surface area contributed by atoms with Gasteiger partial charge in [-0.2, -0.15) is 0 Å². The van der Waals surface area contributed by atoms with Crippen LogP contribution in [0.1, 0.15) is 23.6 Å². The van der Waals surface area contributed by atoms with Crippen molar-refractivity contribution >= 4 is 33.2 Å². The predicted molar refractivity (Wildman–Crippen MR) is 120 cm³/mol. The van der Waals surface area contributed by atoms with Gasteiger partial charge in [0.2, 0.25) is 0 Å². The summed E-state index contributed by atoms with van der Waals surface area (Å²) in [4.78, 5) is 0. The molecule has 0 atom stereocenters. The number of para-hydroxylation sites is 1. The van der Waals surface area contributed by atoms with E-state index in [1.807, 2.05) is 36.4 Å². The van der Waals surface area contributed by atoms with E-state index < -0.39 is 0 Å². The van der Waals surface area contributed by atoms with Crippen LogP contribution in [0.3, 0.4) is 0 Å². The van der Waals surface area contributed by atoms with Crippen LogP contribution in [0, 0.1) is 0 Å². The summed E-state index contributed by atoms with van der Waals surface area (Å²) < 4.78 is 12.4. The Morgan fingerprint density at radius 3 is 2.46 bits per heavy atom. The number of anilines is 1. The van der Waals surface area contributed by atoms with E-state index in [4.69, 9.17) is 21.1 Å². The van der Waals surface area contributed by atoms with Crippen molar-refractivity contribution < 1.29 is 9.47 Å². The van der Waals surface area contributed by atoms with Crippen molar-refractivity contribution in [3.8, 4) is 11.5 Å². The normalized spacial score (nSPS) is 10.6. The first-order valence-corrected chi connectivity index (χ1v) is 10.3.